The maximum atomic E-state index is 14.8. The molecule has 5 rings (SSSR count). The highest BCUT2D eigenvalue weighted by molar-refractivity contribution is 7.35. The summed E-state index contributed by atoms with van der Waals surface area (Å²) in [5.74, 6) is 0.552. The first kappa shape index (κ1) is 19.3. The summed E-state index contributed by atoms with van der Waals surface area (Å²) < 4.78 is 16.8. The first-order valence-electron chi connectivity index (χ1n) is 10.1. The van der Waals surface area contributed by atoms with Crippen LogP contribution in [-0.2, 0) is 5.54 Å². The smallest absolute Gasteiger partial charge is 0.259 e. The van der Waals surface area contributed by atoms with Crippen molar-refractivity contribution in [3.63, 3.8) is 0 Å². The Kier molecular flexibility index (Phi) is 4.64. The molecule has 29 heavy (non-hydrogen) atoms. The highest BCUT2D eigenvalue weighted by Crippen LogP contribution is 2.63. The minimum absolute atomic E-state index is 0.0923. The summed E-state index contributed by atoms with van der Waals surface area (Å²) in [4.78, 5) is 23.6. The summed E-state index contributed by atoms with van der Waals surface area (Å²) in [5, 5.41) is 6.77. The monoisotopic (exact) mass is 433 g/mol. The molecule has 2 aromatic rings. The Hall–Kier alpha value is -1.63. The van der Waals surface area contributed by atoms with Crippen LogP contribution in [0.1, 0.15) is 47.0 Å². The first-order valence-corrected chi connectivity index (χ1v) is 12.4. The number of halogens is 1. The van der Waals surface area contributed by atoms with Gasteiger partial charge >= 0.3 is 0 Å². The van der Waals surface area contributed by atoms with Gasteiger partial charge in [-0.15, -0.1) is 11.3 Å². The van der Waals surface area contributed by atoms with Crippen molar-refractivity contribution in [3.8, 4) is 10.6 Å². The largest absolute Gasteiger partial charge is 0.351 e. The van der Waals surface area contributed by atoms with Crippen molar-refractivity contribution in [3.05, 3.63) is 28.0 Å². The second-order valence-electron chi connectivity index (χ2n) is 8.27. The van der Waals surface area contributed by atoms with E-state index in [0.29, 0.717) is 26.3 Å². The molecule has 1 spiro atoms. The summed E-state index contributed by atoms with van der Waals surface area (Å²) in [5.41, 5.74) is 1.79. The molecule has 1 saturated carbocycles. The van der Waals surface area contributed by atoms with Gasteiger partial charge in [-0.25, -0.2) is 14.4 Å². The zero-order valence-corrected chi connectivity index (χ0v) is 18.6. The van der Waals surface area contributed by atoms with E-state index in [1.807, 2.05) is 11.6 Å². The average Bonchev–Trinajstić information content (AvgIpc) is 3.36. The molecule has 0 radical (unpaired) electrons. The van der Waals surface area contributed by atoms with E-state index in [2.05, 4.69) is 34.2 Å². The van der Waals surface area contributed by atoms with E-state index in [-0.39, 0.29) is 17.5 Å². The third-order valence-electron chi connectivity index (χ3n) is 6.42. The molecule has 2 N–H and O–H groups in total. The van der Waals surface area contributed by atoms with Crippen LogP contribution in [0, 0.1) is 18.7 Å². The van der Waals surface area contributed by atoms with Crippen molar-refractivity contribution in [1.82, 2.24) is 20.0 Å². The van der Waals surface area contributed by atoms with E-state index in [9.17, 15) is 9.18 Å². The summed E-state index contributed by atoms with van der Waals surface area (Å²) in [6, 6.07) is 0.263. The van der Waals surface area contributed by atoms with Crippen LogP contribution in [0.15, 0.2) is 6.20 Å². The Balaban J connectivity index is 1.51. The van der Waals surface area contributed by atoms with Gasteiger partial charge < -0.3 is 15.3 Å². The van der Waals surface area contributed by atoms with Gasteiger partial charge in [-0.1, -0.05) is 6.92 Å². The lowest BCUT2D eigenvalue weighted by Gasteiger charge is -2.30. The second kappa shape index (κ2) is 6.96. The van der Waals surface area contributed by atoms with Gasteiger partial charge in [0, 0.05) is 10.9 Å². The van der Waals surface area contributed by atoms with Crippen LogP contribution in [0.2, 0.25) is 0 Å². The van der Waals surface area contributed by atoms with Crippen molar-refractivity contribution in [2.24, 2.45) is 5.92 Å². The zero-order valence-electron chi connectivity index (χ0n) is 16.8. The molecule has 2 aliphatic heterocycles. The molecule has 1 amide bonds. The fraction of sp³-hybridized carbons (Fsp3) is 0.550. The number of anilines is 1. The van der Waals surface area contributed by atoms with Crippen molar-refractivity contribution >= 4 is 31.9 Å². The molecule has 4 heterocycles. The number of nitrogens with one attached hydrogen (secondary N) is 2. The van der Waals surface area contributed by atoms with Crippen LogP contribution < -0.4 is 10.6 Å². The van der Waals surface area contributed by atoms with E-state index in [0.717, 1.165) is 53.2 Å². The number of fused-ring (bicyclic) bond motifs is 2. The van der Waals surface area contributed by atoms with Gasteiger partial charge in [0.2, 0.25) is 5.95 Å². The van der Waals surface area contributed by atoms with E-state index >= 15 is 0 Å². The highest BCUT2D eigenvalue weighted by Gasteiger charge is 2.59. The molecule has 9 heteroatoms. The number of piperidine rings is 1. The molecule has 0 aromatic carbocycles. The molecule has 6 nitrogen and oxygen atoms in total. The van der Waals surface area contributed by atoms with Gasteiger partial charge in [0.05, 0.1) is 22.2 Å². The Labute approximate surface area is 175 Å². The predicted molar refractivity (Wildman–Crippen MR) is 115 cm³/mol. The molecular formula is C20H25FN5OPS. The second-order valence-corrected chi connectivity index (χ2v) is 10.2. The number of hydrogen-bond acceptors (Lipinski definition) is 6. The molecular weight excluding hydrogens is 408 g/mol. The molecule has 2 fully saturated rings. The molecule has 1 unspecified atom stereocenters. The lowest BCUT2D eigenvalue weighted by Crippen LogP contribution is -2.42. The fourth-order valence-corrected chi connectivity index (χ4v) is 7.29. The van der Waals surface area contributed by atoms with Crippen LogP contribution in [0.3, 0.4) is 0 Å². The quantitative estimate of drug-likeness (QED) is 0.719. The Bertz CT molecular complexity index is 991. The minimum atomic E-state index is -0.441. The number of hydrogen-bond donors (Lipinski definition) is 2. The average molecular weight is 433 g/mol. The van der Waals surface area contributed by atoms with Crippen molar-refractivity contribution in [2.45, 2.75) is 44.7 Å². The first-order chi connectivity index (χ1) is 14.0. The summed E-state index contributed by atoms with van der Waals surface area (Å²) in [6.07, 6.45) is 4.22. The van der Waals surface area contributed by atoms with Gasteiger partial charge in [0.15, 0.2) is 5.82 Å². The predicted octanol–water partition coefficient (Wildman–Crippen LogP) is 3.73. The SMILES string of the molecule is CPN1C(=O)c2c(sc(-c3nc(N[C@H]4CCNC[C@H]4C)ncc3F)c2C)C12CC2. The number of nitrogens with zero attached hydrogens (tertiary/aromatic N) is 3. The molecule has 3 atom stereocenters. The molecule has 2 aromatic heterocycles. The van der Waals surface area contributed by atoms with Crippen molar-refractivity contribution in [1.29, 1.82) is 0 Å². The third-order valence-corrected chi connectivity index (χ3v) is 8.99. The van der Waals surface area contributed by atoms with Gasteiger partial charge in [0.25, 0.3) is 5.91 Å². The van der Waals surface area contributed by atoms with Crippen molar-refractivity contribution in [2.75, 3.05) is 25.1 Å². The van der Waals surface area contributed by atoms with E-state index < -0.39 is 5.82 Å². The van der Waals surface area contributed by atoms with E-state index in [4.69, 9.17) is 0 Å². The Morgan fingerprint density at radius 1 is 1.45 bits per heavy atom. The zero-order chi connectivity index (χ0) is 20.3. The number of thiophene rings is 1. The molecule has 0 bridgehead atoms. The van der Waals surface area contributed by atoms with E-state index in [1.54, 1.807) is 0 Å². The number of rotatable bonds is 4. The van der Waals surface area contributed by atoms with Gasteiger partial charge in [-0.2, -0.15) is 0 Å². The van der Waals surface area contributed by atoms with Gasteiger partial charge in [-0.3, -0.25) is 4.79 Å². The van der Waals surface area contributed by atoms with Gasteiger partial charge in [0.1, 0.15) is 5.69 Å². The van der Waals surface area contributed by atoms with Crippen LogP contribution in [-0.4, -0.2) is 46.3 Å². The van der Waals surface area contributed by atoms with Crippen LogP contribution in [0.4, 0.5) is 10.3 Å². The standard InChI is InChI=1S/C20H25FN5OPS/c1-10-8-22-7-4-13(10)24-19-23-9-12(21)15(25-19)16-11(2)14-17(29-16)20(5-6-20)26(28-3)18(14)27/h9-10,13,22,28H,4-8H2,1-3H3,(H,23,24,25)/t10-,13+/m1/s1. The molecule has 154 valence electrons. The highest BCUT2D eigenvalue weighted by atomic mass is 32.1. The van der Waals surface area contributed by atoms with Crippen molar-refractivity contribution < 1.29 is 9.18 Å². The minimum Gasteiger partial charge on any atom is -0.351 e. The fourth-order valence-electron chi connectivity index (χ4n) is 4.61. The number of carbonyl (C=O) groups excluding carboxylic acids is 1. The van der Waals surface area contributed by atoms with E-state index in [1.165, 1.54) is 17.5 Å². The molecule has 1 saturated heterocycles. The van der Waals surface area contributed by atoms with Crippen LogP contribution in [0.5, 0.6) is 0 Å². The lowest BCUT2D eigenvalue weighted by atomic mass is 9.95. The number of carbonyl (C=O) groups is 1. The molecule has 1 aliphatic carbocycles. The topological polar surface area (TPSA) is 70.2 Å². The third kappa shape index (κ3) is 2.91. The summed E-state index contributed by atoms with van der Waals surface area (Å²) in [6.45, 7) is 8.05. The maximum absolute atomic E-state index is 14.8. The number of aromatic nitrogens is 2. The van der Waals surface area contributed by atoms with Crippen LogP contribution in [0.25, 0.3) is 10.6 Å². The number of amides is 1. The normalized spacial score (nSPS) is 25.2. The summed E-state index contributed by atoms with van der Waals surface area (Å²) >= 11 is 1.54. The maximum Gasteiger partial charge on any atom is 0.259 e. The Morgan fingerprint density at radius 3 is 2.93 bits per heavy atom. The summed E-state index contributed by atoms with van der Waals surface area (Å²) in [7, 11) is 0.449. The van der Waals surface area contributed by atoms with Crippen LogP contribution >= 0.6 is 20.1 Å². The Morgan fingerprint density at radius 2 is 2.24 bits per heavy atom. The lowest BCUT2D eigenvalue weighted by molar-refractivity contribution is 0.0851. The molecule has 3 aliphatic rings. The van der Waals surface area contributed by atoms with Gasteiger partial charge in [-0.05, 0) is 66.2 Å².